The van der Waals surface area contributed by atoms with Crippen molar-refractivity contribution in [3.05, 3.63) is 65.7 Å². The Balaban J connectivity index is 1.49. The third-order valence-corrected chi connectivity index (χ3v) is 5.59. The van der Waals surface area contributed by atoms with Gasteiger partial charge in [-0.15, -0.1) is 0 Å². The fourth-order valence-electron chi connectivity index (χ4n) is 4.03. The largest absolute Gasteiger partial charge is 0.489 e. The lowest BCUT2D eigenvalue weighted by Gasteiger charge is -2.43. The predicted octanol–water partition coefficient (Wildman–Crippen LogP) is 4.01. The van der Waals surface area contributed by atoms with Gasteiger partial charge in [0.15, 0.2) is 0 Å². The molecule has 1 aliphatic heterocycles. The zero-order valence-electron chi connectivity index (χ0n) is 14.9. The zero-order valence-corrected chi connectivity index (χ0v) is 14.9. The van der Waals surface area contributed by atoms with Crippen LogP contribution in [0.1, 0.15) is 36.4 Å². The van der Waals surface area contributed by atoms with Gasteiger partial charge in [-0.2, -0.15) is 0 Å². The Morgan fingerprint density at radius 2 is 1.80 bits per heavy atom. The van der Waals surface area contributed by atoms with Crippen LogP contribution in [-0.4, -0.2) is 31.1 Å². The van der Waals surface area contributed by atoms with Crippen molar-refractivity contribution in [1.82, 2.24) is 10.2 Å². The van der Waals surface area contributed by atoms with Gasteiger partial charge >= 0.3 is 0 Å². The average molecular weight is 336 g/mol. The minimum atomic E-state index is 0.552. The van der Waals surface area contributed by atoms with Gasteiger partial charge in [-0.1, -0.05) is 48.9 Å². The van der Waals surface area contributed by atoms with E-state index in [0.29, 0.717) is 12.6 Å². The molecule has 0 bridgehead atoms. The van der Waals surface area contributed by atoms with Crippen LogP contribution in [0.5, 0.6) is 5.75 Å². The molecule has 0 amide bonds. The number of rotatable bonds is 6. The SMILES string of the molecule is c1ccc(COc2cccc([C@@H](C3CCC3)N3CCNCC3)c2)cc1. The van der Waals surface area contributed by atoms with Gasteiger partial charge in [0.2, 0.25) is 0 Å². The summed E-state index contributed by atoms with van der Waals surface area (Å²) < 4.78 is 6.07. The highest BCUT2D eigenvalue weighted by Gasteiger charge is 2.33. The first kappa shape index (κ1) is 16.6. The normalized spacial score (nSPS) is 20.0. The topological polar surface area (TPSA) is 24.5 Å². The van der Waals surface area contributed by atoms with Crippen LogP contribution in [0.2, 0.25) is 0 Å². The summed E-state index contributed by atoms with van der Waals surface area (Å²) >= 11 is 0. The minimum Gasteiger partial charge on any atom is -0.489 e. The van der Waals surface area contributed by atoms with E-state index in [4.69, 9.17) is 4.74 Å². The van der Waals surface area contributed by atoms with Crippen molar-refractivity contribution in [2.75, 3.05) is 26.2 Å². The molecule has 132 valence electrons. The van der Waals surface area contributed by atoms with Crippen LogP contribution >= 0.6 is 0 Å². The first-order valence-corrected chi connectivity index (χ1v) is 9.61. The molecule has 1 aliphatic carbocycles. The summed E-state index contributed by atoms with van der Waals surface area (Å²) in [5.74, 6) is 1.79. The number of piperazine rings is 1. The molecular formula is C22H28N2O. The van der Waals surface area contributed by atoms with Gasteiger partial charge in [-0.25, -0.2) is 0 Å². The molecule has 2 aliphatic rings. The van der Waals surface area contributed by atoms with Gasteiger partial charge in [0.05, 0.1) is 0 Å². The van der Waals surface area contributed by atoms with Gasteiger partial charge in [0, 0.05) is 32.2 Å². The molecule has 1 N–H and O–H groups in total. The van der Waals surface area contributed by atoms with Gasteiger partial charge < -0.3 is 10.1 Å². The molecule has 2 fully saturated rings. The Morgan fingerprint density at radius 3 is 2.52 bits per heavy atom. The lowest BCUT2D eigenvalue weighted by atomic mass is 9.76. The van der Waals surface area contributed by atoms with Crippen molar-refractivity contribution in [1.29, 1.82) is 0 Å². The first-order valence-electron chi connectivity index (χ1n) is 9.61. The Morgan fingerprint density at radius 1 is 1.00 bits per heavy atom. The maximum atomic E-state index is 6.07. The molecule has 1 atom stereocenters. The first-order chi connectivity index (χ1) is 12.4. The Kier molecular flexibility index (Phi) is 5.34. The molecule has 0 unspecified atom stereocenters. The molecule has 0 aromatic heterocycles. The van der Waals surface area contributed by atoms with Crippen LogP contribution in [0.25, 0.3) is 0 Å². The van der Waals surface area contributed by atoms with Crippen LogP contribution in [-0.2, 0) is 6.61 Å². The highest BCUT2D eigenvalue weighted by molar-refractivity contribution is 5.32. The molecule has 3 nitrogen and oxygen atoms in total. The quantitative estimate of drug-likeness (QED) is 0.862. The van der Waals surface area contributed by atoms with Crippen molar-refractivity contribution in [3.8, 4) is 5.75 Å². The number of nitrogens with one attached hydrogen (secondary N) is 1. The maximum Gasteiger partial charge on any atom is 0.120 e. The Labute approximate surface area is 151 Å². The smallest absolute Gasteiger partial charge is 0.120 e. The molecule has 1 saturated carbocycles. The minimum absolute atomic E-state index is 0.552. The standard InChI is InChI=1S/C22H28N2O/c1-2-6-18(7-3-1)17-25-21-11-5-10-20(16-21)22(19-8-4-9-19)24-14-12-23-13-15-24/h1-3,5-7,10-11,16,19,22-23H,4,8-9,12-15,17H2/t22-/m1/s1. The summed E-state index contributed by atoms with van der Waals surface area (Å²) in [6.45, 7) is 5.14. The van der Waals surface area contributed by atoms with Crippen LogP contribution in [0.15, 0.2) is 54.6 Å². The van der Waals surface area contributed by atoms with E-state index in [-0.39, 0.29) is 0 Å². The van der Waals surface area contributed by atoms with E-state index in [1.54, 1.807) is 0 Å². The lowest BCUT2D eigenvalue weighted by molar-refractivity contribution is 0.0835. The third-order valence-electron chi connectivity index (χ3n) is 5.59. The van der Waals surface area contributed by atoms with Crippen LogP contribution in [0.3, 0.4) is 0 Å². The monoisotopic (exact) mass is 336 g/mol. The van der Waals surface area contributed by atoms with Crippen molar-refractivity contribution >= 4 is 0 Å². The summed E-state index contributed by atoms with van der Waals surface area (Å²) in [7, 11) is 0. The maximum absolute atomic E-state index is 6.07. The second kappa shape index (κ2) is 8.03. The van der Waals surface area contributed by atoms with Crippen molar-refractivity contribution in [2.45, 2.75) is 31.9 Å². The van der Waals surface area contributed by atoms with E-state index in [1.807, 2.05) is 6.07 Å². The number of nitrogens with zero attached hydrogens (tertiary/aromatic N) is 1. The zero-order chi connectivity index (χ0) is 16.9. The van der Waals surface area contributed by atoms with Crippen molar-refractivity contribution in [2.24, 2.45) is 5.92 Å². The lowest BCUT2D eigenvalue weighted by Crippen LogP contribution is -2.47. The summed E-state index contributed by atoms with van der Waals surface area (Å²) in [4.78, 5) is 2.68. The number of benzene rings is 2. The summed E-state index contributed by atoms with van der Waals surface area (Å²) in [5.41, 5.74) is 2.64. The third kappa shape index (κ3) is 4.05. The second-order valence-corrected chi connectivity index (χ2v) is 7.27. The highest BCUT2D eigenvalue weighted by atomic mass is 16.5. The molecule has 1 saturated heterocycles. The second-order valence-electron chi connectivity index (χ2n) is 7.27. The molecule has 2 aromatic carbocycles. The number of hydrogen-bond acceptors (Lipinski definition) is 3. The highest BCUT2D eigenvalue weighted by Crippen LogP contribution is 2.42. The molecule has 3 heteroatoms. The molecule has 0 radical (unpaired) electrons. The van der Waals surface area contributed by atoms with E-state index in [9.17, 15) is 0 Å². The summed E-state index contributed by atoms with van der Waals surface area (Å²) in [6.07, 6.45) is 4.12. The van der Waals surface area contributed by atoms with Gasteiger partial charge in [0.1, 0.15) is 12.4 Å². The number of ether oxygens (including phenoxy) is 1. The van der Waals surface area contributed by atoms with Gasteiger partial charge in [-0.05, 0) is 42.0 Å². The van der Waals surface area contributed by atoms with E-state index >= 15 is 0 Å². The molecular weight excluding hydrogens is 308 g/mol. The fourth-order valence-corrected chi connectivity index (χ4v) is 4.03. The molecule has 0 spiro atoms. The van der Waals surface area contributed by atoms with E-state index in [1.165, 1.54) is 30.4 Å². The van der Waals surface area contributed by atoms with Crippen LogP contribution < -0.4 is 10.1 Å². The summed E-state index contributed by atoms with van der Waals surface area (Å²) in [5, 5.41) is 3.48. The predicted molar refractivity (Wildman–Crippen MR) is 102 cm³/mol. The van der Waals surface area contributed by atoms with Crippen molar-refractivity contribution in [3.63, 3.8) is 0 Å². The van der Waals surface area contributed by atoms with Crippen LogP contribution in [0, 0.1) is 5.92 Å². The number of hydrogen-bond donors (Lipinski definition) is 1. The van der Waals surface area contributed by atoms with E-state index < -0.39 is 0 Å². The van der Waals surface area contributed by atoms with E-state index in [2.05, 4.69) is 58.7 Å². The van der Waals surface area contributed by atoms with Gasteiger partial charge in [-0.3, -0.25) is 4.90 Å². The molecule has 2 aromatic rings. The fraction of sp³-hybridized carbons (Fsp3) is 0.455. The van der Waals surface area contributed by atoms with Crippen molar-refractivity contribution < 1.29 is 4.74 Å². The Hall–Kier alpha value is -1.84. The van der Waals surface area contributed by atoms with Crippen LogP contribution in [0.4, 0.5) is 0 Å². The molecule has 1 heterocycles. The van der Waals surface area contributed by atoms with E-state index in [0.717, 1.165) is 37.8 Å². The average Bonchev–Trinajstić information content (AvgIpc) is 2.65. The van der Waals surface area contributed by atoms with Gasteiger partial charge in [0.25, 0.3) is 0 Å². The molecule has 25 heavy (non-hydrogen) atoms. The Bertz CT molecular complexity index is 663. The summed E-state index contributed by atoms with van der Waals surface area (Å²) in [6, 6.07) is 19.7. The molecule has 4 rings (SSSR count).